The van der Waals surface area contributed by atoms with E-state index in [2.05, 4.69) is 20.5 Å². The second-order valence-electron chi connectivity index (χ2n) is 7.72. The van der Waals surface area contributed by atoms with E-state index in [-0.39, 0.29) is 37.9 Å². The Morgan fingerprint density at radius 3 is 2.66 bits per heavy atom. The second kappa shape index (κ2) is 7.80. The molecule has 4 aromatic rings. The average Bonchev–Trinajstić information content (AvgIpc) is 3.39. The summed E-state index contributed by atoms with van der Waals surface area (Å²) in [4.78, 5) is 53.5. The third-order valence-corrected chi connectivity index (χ3v) is 5.72. The first-order valence-electron chi connectivity index (χ1n) is 10.3. The van der Waals surface area contributed by atoms with Gasteiger partial charge in [-0.25, -0.2) is 0 Å². The van der Waals surface area contributed by atoms with Gasteiger partial charge < -0.3 is 14.9 Å². The summed E-state index contributed by atoms with van der Waals surface area (Å²) in [7, 11) is 0. The first kappa shape index (κ1) is 19.7. The summed E-state index contributed by atoms with van der Waals surface area (Å²) in [5.74, 6) is -0.449. The first-order chi connectivity index (χ1) is 15.5. The number of rotatable bonds is 5. The summed E-state index contributed by atoms with van der Waals surface area (Å²) in [6.45, 7) is 0.527. The molecule has 162 valence electrons. The summed E-state index contributed by atoms with van der Waals surface area (Å²) in [6, 6.07) is 14.5. The molecule has 0 spiro atoms. The molecule has 0 aliphatic carbocycles. The number of H-pyrrole nitrogens is 2. The summed E-state index contributed by atoms with van der Waals surface area (Å²) >= 11 is 0. The van der Waals surface area contributed by atoms with E-state index in [0.717, 1.165) is 10.9 Å². The number of anilines is 1. The van der Waals surface area contributed by atoms with E-state index in [1.54, 1.807) is 24.3 Å². The van der Waals surface area contributed by atoms with E-state index in [0.29, 0.717) is 16.9 Å². The monoisotopic (exact) mass is 432 g/mol. The smallest absolute Gasteiger partial charge is 0.316 e. The van der Waals surface area contributed by atoms with Crippen LogP contribution in [0.4, 0.5) is 5.82 Å². The van der Waals surface area contributed by atoms with Crippen LogP contribution in [0.25, 0.3) is 21.9 Å². The number of aromatic nitrogens is 4. The lowest BCUT2D eigenvalue weighted by Crippen LogP contribution is -2.40. The molecule has 10 nitrogen and oxygen atoms in total. The number of hydrogen-bond acceptors (Lipinski definition) is 5. The number of nitrogens with zero attached hydrogens (tertiary/aromatic N) is 3. The average molecular weight is 432 g/mol. The van der Waals surface area contributed by atoms with Crippen LogP contribution in [0.15, 0.2) is 58.1 Å². The van der Waals surface area contributed by atoms with Gasteiger partial charge in [0.05, 0.1) is 22.5 Å². The number of carbonyl (C=O) groups is 2. The minimum atomic E-state index is -0.710. The van der Waals surface area contributed by atoms with E-state index in [1.807, 2.05) is 24.3 Å². The van der Waals surface area contributed by atoms with Crippen LogP contribution in [0.2, 0.25) is 0 Å². The molecule has 1 atom stereocenters. The molecule has 2 amide bonds. The highest BCUT2D eigenvalue weighted by Crippen LogP contribution is 2.29. The fraction of sp³-hybridized carbons (Fsp3) is 0.227. The van der Waals surface area contributed by atoms with Crippen molar-refractivity contribution in [2.24, 2.45) is 5.92 Å². The number of carbonyl (C=O) groups excluding carboxylic acids is 2. The van der Waals surface area contributed by atoms with Crippen molar-refractivity contribution < 1.29 is 9.59 Å². The van der Waals surface area contributed by atoms with Crippen molar-refractivity contribution in [1.29, 1.82) is 0 Å². The van der Waals surface area contributed by atoms with Gasteiger partial charge >= 0.3 is 11.1 Å². The topological polar surface area (TPSA) is 133 Å². The van der Waals surface area contributed by atoms with Gasteiger partial charge in [-0.3, -0.25) is 29.2 Å². The van der Waals surface area contributed by atoms with Gasteiger partial charge in [0.25, 0.3) is 0 Å². The van der Waals surface area contributed by atoms with Crippen molar-refractivity contribution in [3.8, 4) is 0 Å². The molecule has 1 aliphatic heterocycles. The molecule has 3 N–H and O–H groups in total. The summed E-state index contributed by atoms with van der Waals surface area (Å²) in [5.41, 5.74) is 0.563. The molecule has 0 saturated carbocycles. The molecule has 0 bridgehead atoms. The second-order valence-corrected chi connectivity index (χ2v) is 7.72. The summed E-state index contributed by atoms with van der Waals surface area (Å²) in [5, 5.41) is 10.8. The lowest BCUT2D eigenvalue weighted by atomic mass is 10.1. The lowest BCUT2D eigenvalue weighted by Gasteiger charge is -2.15. The van der Waals surface area contributed by atoms with Crippen molar-refractivity contribution in [3.63, 3.8) is 0 Å². The zero-order chi connectivity index (χ0) is 22.2. The molecule has 5 rings (SSSR count). The highest BCUT2D eigenvalue weighted by Gasteiger charge is 2.36. The number of fused-ring (bicyclic) bond motifs is 2. The van der Waals surface area contributed by atoms with Gasteiger partial charge in [0.1, 0.15) is 0 Å². The van der Waals surface area contributed by atoms with Crippen LogP contribution in [0.5, 0.6) is 0 Å². The lowest BCUT2D eigenvalue weighted by molar-refractivity contribution is -0.126. The molecular formula is C22H20N6O4. The molecule has 1 saturated heterocycles. The van der Waals surface area contributed by atoms with Crippen LogP contribution >= 0.6 is 0 Å². The van der Waals surface area contributed by atoms with Crippen LogP contribution in [0.1, 0.15) is 6.42 Å². The van der Waals surface area contributed by atoms with Gasteiger partial charge in [-0.2, -0.15) is 5.10 Å². The number of para-hydroxylation sites is 3. The van der Waals surface area contributed by atoms with Gasteiger partial charge in [-0.15, -0.1) is 0 Å². The van der Waals surface area contributed by atoms with Crippen LogP contribution in [-0.2, 0) is 16.1 Å². The molecular weight excluding hydrogens is 412 g/mol. The molecule has 2 aromatic carbocycles. The highest BCUT2D eigenvalue weighted by atomic mass is 16.2. The maximum absolute atomic E-state index is 12.7. The van der Waals surface area contributed by atoms with Crippen molar-refractivity contribution in [2.45, 2.75) is 13.0 Å². The van der Waals surface area contributed by atoms with Crippen LogP contribution in [0, 0.1) is 5.92 Å². The maximum Gasteiger partial charge on any atom is 0.316 e. The Morgan fingerprint density at radius 1 is 1.06 bits per heavy atom. The third-order valence-electron chi connectivity index (χ3n) is 5.72. The van der Waals surface area contributed by atoms with Gasteiger partial charge in [0, 0.05) is 31.4 Å². The zero-order valence-corrected chi connectivity index (χ0v) is 17.0. The van der Waals surface area contributed by atoms with Crippen LogP contribution < -0.4 is 21.3 Å². The largest absolute Gasteiger partial charge is 0.354 e. The van der Waals surface area contributed by atoms with E-state index in [1.165, 1.54) is 9.47 Å². The molecule has 32 heavy (non-hydrogen) atoms. The van der Waals surface area contributed by atoms with E-state index in [4.69, 9.17) is 0 Å². The Kier molecular flexibility index (Phi) is 4.81. The van der Waals surface area contributed by atoms with Crippen LogP contribution in [-0.4, -0.2) is 44.7 Å². The van der Waals surface area contributed by atoms with Crippen molar-refractivity contribution in [3.05, 3.63) is 69.2 Å². The Morgan fingerprint density at radius 2 is 1.81 bits per heavy atom. The SMILES string of the molecule is O=C(NCCn1c(=O)c(=O)[nH]c2ccccc21)[C@H]1CC(=O)N(c2n[nH]c3ccccc23)C1. The quantitative estimate of drug-likeness (QED) is 0.400. The Labute approximate surface area is 180 Å². The number of hydrogen-bond donors (Lipinski definition) is 3. The number of benzene rings is 2. The standard InChI is InChI=1S/C22H20N6O4/c29-18-11-13(12-28(18)19-14-5-1-2-6-15(14)25-26-19)20(30)23-9-10-27-17-8-4-3-7-16(17)24-21(31)22(27)32/h1-8,13H,9-12H2,(H,23,30)(H,24,31)(H,25,26)/t13-/m0/s1. The maximum atomic E-state index is 12.7. The Bertz CT molecular complexity index is 1470. The minimum Gasteiger partial charge on any atom is -0.354 e. The Hall–Kier alpha value is -4.21. The molecule has 3 heterocycles. The zero-order valence-electron chi connectivity index (χ0n) is 17.0. The highest BCUT2D eigenvalue weighted by molar-refractivity contribution is 6.05. The minimum absolute atomic E-state index is 0.0842. The van der Waals surface area contributed by atoms with E-state index >= 15 is 0 Å². The van der Waals surface area contributed by atoms with E-state index < -0.39 is 17.0 Å². The summed E-state index contributed by atoms with van der Waals surface area (Å²) in [6.07, 6.45) is 0.0842. The third kappa shape index (κ3) is 3.35. The Balaban J connectivity index is 1.27. The fourth-order valence-corrected chi connectivity index (χ4v) is 4.12. The molecule has 0 unspecified atom stereocenters. The molecule has 0 radical (unpaired) electrons. The number of amides is 2. The fourth-order valence-electron chi connectivity index (χ4n) is 4.12. The molecule has 1 aliphatic rings. The number of nitrogens with one attached hydrogen (secondary N) is 3. The van der Waals surface area contributed by atoms with Gasteiger partial charge in [-0.1, -0.05) is 24.3 Å². The van der Waals surface area contributed by atoms with E-state index in [9.17, 15) is 19.2 Å². The normalized spacial score (nSPS) is 16.2. The van der Waals surface area contributed by atoms with Crippen molar-refractivity contribution >= 4 is 39.6 Å². The van der Waals surface area contributed by atoms with Gasteiger partial charge in [0.15, 0.2) is 5.82 Å². The van der Waals surface area contributed by atoms with Gasteiger partial charge in [0.2, 0.25) is 11.8 Å². The first-order valence-corrected chi connectivity index (χ1v) is 10.3. The predicted molar refractivity (Wildman–Crippen MR) is 118 cm³/mol. The van der Waals surface area contributed by atoms with Crippen molar-refractivity contribution in [1.82, 2.24) is 25.1 Å². The number of aromatic amines is 2. The van der Waals surface area contributed by atoms with Crippen LogP contribution in [0.3, 0.4) is 0 Å². The van der Waals surface area contributed by atoms with Gasteiger partial charge in [-0.05, 0) is 24.3 Å². The van der Waals surface area contributed by atoms with Crippen molar-refractivity contribution in [2.75, 3.05) is 18.0 Å². The molecule has 10 heteroatoms. The molecule has 2 aromatic heterocycles. The summed E-state index contributed by atoms with van der Waals surface area (Å²) < 4.78 is 1.34. The molecule has 1 fully saturated rings. The predicted octanol–water partition coefficient (Wildman–Crippen LogP) is 0.735.